The second-order valence-corrected chi connectivity index (χ2v) is 3.56. The van der Waals surface area contributed by atoms with Crippen molar-refractivity contribution in [1.82, 2.24) is 0 Å². The van der Waals surface area contributed by atoms with Gasteiger partial charge < -0.3 is 0 Å². The van der Waals surface area contributed by atoms with Gasteiger partial charge >= 0.3 is 0 Å². The minimum atomic E-state index is 0.125. The van der Waals surface area contributed by atoms with Crippen LogP contribution in [0.15, 0.2) is 36.4 Å². The summed E-state index contributed by atoms with van der Waals surface area (Å²) in [5.74, 6) is 0.125. The van der Waals surface area contributed by atoms with E-state index >= 15 is 0 Å². The Hall–Kier alpha value is -1.50. The van der Waals surface area contributed by atoms with Gasteiger partial charge in [-0.1, -0.05) is 37.6 Å². The molecule has 0 atom stereocenters. The quantitative estimate of drug-likeness (QED) is 0.675. The van der Waals surface area contributed by atoms with Crippen molar-refractivity contribution in [3.63, 3.8) is 0 Å². The summed E-state index contributed by atoms with van der Waals surface area (Å²) in [5, 5.41) is 13.4. The Balaban J connectivity index is 2.58. The molecule has 0 aromatic heterocycles. The predicted molar refractivity (Wildman–Crippen MR) is 58.1 cm³/mol. The molecule has 0 aliphatic heterocycles. The maximum absolute atomic E-state index is 11.5. The predicted octanol–water partition coefficient (Wildman–Crippen LogP) is 3.94. The van der Waals surface area contributed by atoms with Gasteiger partial charge in [-0.05, 0) is 29.5 Å². The fourth-order valence-corrected chi connectivity index (χ4v) is 1.74. The highest BCUT2D eigenvalue weighted by atomic mass is 16.3. The van der Waals surface area contributed by atoms with E-state index in [1.165, 1.54) is 5.56 Å². The van der Waals surface area contributed by atoms with Crippen LogP contribution in [0.5, 0.6) is 5.75 Å². The number of aryl methyl sites for hydroxylation is 1. The molecule has 71 valence electrons. The second kappa shape index (κ2) is 3.70. The Morgan fingerprint density at radius 1 is 1.14 bits per heavy atom. The first-order valence-electron chi connectivity index (χ1n) is 5.00. The van der Waals surface area contributed by atoms with Crippen molar-refractivity contribution in [2.45, 2.75) is 19.8 Å². The topological polar surface area (TPSA) is 19.9 Å². The molecule has 0 saturated heterocycles. The Kier molecular flexibility index (Phi) is 2.40. The van der Waals surface area contributed by atoms with E-state index in [0.717, 1.165) is 23.6 Å². The van der Waals surface area contributed by atoms with Crippen LogP contribution in [0.2, 0.25) is 0 Å². The molecule has 0 spiro atoms. The first kappa shape index (κ1) is 9.07. The first-order valence-corrected chi connectivity index (χ1v) is 5.00. The Labute approximate surface area is 84.0 Å². The summed E-state index contributed by atoms with van der Waals surface area (Å²) in [4.78, 5) is 0. The van der Waals surface area contributed by atoms with Crippen LogP contribution in [0.3, 0.4) is 0 Å². The third-order valence-electron chi connectivity index (χ3n) is 2.45. The van der Waals surface area contributed by atoms with Gasteiger partial charge in [-0.2, -0.15) is 0 Å². The van der Waals surface area contributed by atoms with Gasteiger partial charge in [0.25, 0.3) is 0 Å². The molecule has 14 heavy (non-hydrogen) atoms. The van der Waals surface area contributed by atoms with Crippen LogP contribution in [0.25, 0.3) is 10.8 Å². The van der Waals surface area contributed by atoms with Gasteiger partial charge in [0.15, 0.2) is 5.75 Å². The molecule has 1 heteroatoms. The average molecular weight is 185 g/mol. The lowest BCUT2D eigenvalue weighted by atomic mass is 10.0. The number of fused-ring (bicyclic) bond motifs is 1. The molecule has 0 amide bonds. The van der Waals surface area contributed by atoms with Gasteiger partial charge in [-0.3, -0.25) is 5.11 Å². The van der Waals surface area contributed by atoms with Crippen LogP contribution in [0.1, 0.15) is 18.9 Å². The van der Waals surface area contributed by atoms with Crippen molar-refractivity contribution in [1.29, 1.82) is 0 Å². The summed E-state index contributed by atoms with van der Waals surface area (Å²) >= 11 is 0. The molecule has 0 N–H and O–H groups in total. The van der Waals surface area contributed by atoms with Crippen LogP contribution in [0, 0.1) is 0 Å². The monoisotopic (exact) mass is 185 g/mol. The zero-order chi connectivity index (χ0) is 9.97. The van der Waals surface area contributed by atoms with E-state index in [2.05, 4.69) is 13.0 Å². The fourth-order valence-electron chi connectivity index (χ4n) is 1.74. The van der Waals surface area contributed by atoms with Crippen molar-refractivity contribution < 1.29 is 5.11 Å². The van der Waals surface area contributed by atoms with Gasteiger partial charge in [0.1, 0.15) is 0 Å². The summed E-state index contributed by atoms with van der Waals surface area (Å²) < 4.78 is 0. The Bertz CT molecular complexity index is 446. The molecule has 1 nitrogen and oxygen atoms in total. The highest BCUT2D eigenvalue weighted by Gasteiger charge is 2.01. The zero-order valence-corrected chi connectivity index (χ0v) is 8.29. The lowest BCUT2D eigenvalue weighted by molar-refractivity contribution is 0.360. The molecule has 2 aromatic carbocycles. The molecule has 0 unspecified atom stereocenters. The van der Waals surface area contributed by atoms with E-state index in [4.69, 9.17) is 0 Å². The normalized spacial score (nSPS) is 10.6. The first-order chi connectivity index (χ1) is 6.81. The molecule has 0 saturated carbocycles. The van der Waals surface area contributed by atoms with Crippen LogP contribution in [0.4, 0.5) is 0 Å². The summed E-state index contributed by atoms with van der Waals surface area (Å²) in [6, 6.07) is 11.6. The minimum absolute atomic E-state index is 0.125. The van der Waals surface area contributed by atoms with Crippen molar-refractivity contribution >= 4 is 10.8 Å². The standard InChI is InChI=1S/C13H13O/c1-2-4-10-7-8-11-5-3-6-13(14)12(11)9-10/h3,5-9H,2,4H2,1H3. The third kappa shape index (κ3) is 1.58. The maximum Gasteiger partial charge on any atom is 0.186 e. The maximum atomic E-state index is 11.5. The molecule has 0 heterocycles. The van der Waals surface area contributed by atoms with Gasteiger partial charge in [-0.15, -0.1) is 0 Å². The molecular formula is C13H13O. The van der Waals surface area contributed by atoms with E-state index < -0.39 is 0 Å². The van der Waals surface area contributed by atoms with E-state index in [1.54, 1.807) is 6.07 Å². The summed E-state index contributed by atoms with van der Waals surface area (Å²) in [5.41, 5.74) is 1.25. The van der Waals surface area contributed by atoms with E-state index in [1.807, 2.05) is 24.3 Å². The van der Waals surface area contributed by atoms with E-state index in [0.29, 0.717) is 0 Å². The molecule has 0 aliphatic rings. The van der Waals surface area contributed by atoms with Gasteiger partial charge in [0, 0.05) is 5.39 Å². The molecule has 2 aromatic rings. The summed E-state index contributed by atoms with van der Waals surface area (Å²) in [7, 11) is 0. The van der Waals surface area contributed by atoms with Gasteiger partial charge in [0.05, 0.1) is 0 Å². The second-order valence-electron chi connectivity index (χ2n) is 3.56. The Morgan fingerprint density at radius 3 is 2.79 bits per heavy atom. The molecule has 0 fully saturated rings. The number of benzene rings is 2. The summed E-state index contributed by atoms with van der Waals surface area (Å²) in [6.45, 7) is 2.15. The largest absolute Gasteiger partial charge is 0.289 e. The molecule has 0 bridgehead atoms. The Morgan fingerprint density at radius 2 is 2.00 bits per heavy atom. The van der Waals surface area contributed by atoms with E-state index in [9.17, 15) is 5.11 Å². The van der Waals surface area contributed by atoms with Crippen LogP contribution >= 0.6 is 0 Å². The van der Waals surface area contributed by atoms with Crippen molar-refractivity contribution in [2.24, 2.45) is 0 Å². The molecule has 1 radical (unpaired) electrons. The van der Waals surface area contributed by atoms with E-state index in [-0.39, 0.29) is 5.75 Å². The highest BCUT2D eigenvalue weighted by Crippen LogP contribution is 2.26. The van der Waals surface area contributed by atoms with Gasteiger partial charge in [0.2, 0.25) is 0 Å². The van der Waals surface area contributed by atoms with Crippen molar-refractivity contribution in [3.8, 4) is 5.75 Å². The molecule has 2 rings (SSSR count). The SMILES string of the molecule is CCCc1ccc2cccc([O])c2c1. The number of hydrogen-bond donors (Lipinski definition) is 0. The van der Waals surface area contributed by atoms with Crippen LogP contribution in [-0.4, -0.2) is 0 Å². The lowest BCUT2D eigenvalue weighted by Gasteiger charge is -2.02. The third-order valence-corrected chi connectivity index (χ3v) is 2.45. The highest BCUT2D eigenvalue weighted by molar-refractivity contribution is 5.88. The van der Waals surface area contributed by atoms with Crippen molar-refractivity contribution in [2.75, 3.05) is 0 Å². The zero-order valence-electron chi connectivity index (χ0n) is 8.29. The van der Waals surface area contributed by atoms with Crippen molar-refractivity contribution in [3.05, 3.63) is 42.0 Å². The van der Waals surface area contributed by atoms with Crippen LogP contribution < -0.4 is 0 Å². The minimum Gasteiger partial charge on any atom is -0.289 e. The molecule has 0 aliphatic carbocycles. The lowest BCUT2D eigenvalue weighted by Crippen LogP contribution is -1.82. The summed E-state index contributed by atoms with van der Waals surface area (Å²) in [6.07, 6.45) is 2.16. The molecular weight excluding hydrogens is 172 g/mol. The number of hydrogen-bond acceptors (Lipinski definition) is 0. The van der Waals surface area contributed by atoms with Crippen LogP contribution in [-0.2, 0) is 11.5 Å². The van der Waals surface area contributed by atoms with Gasteiger partial charge in [-0.25, -0.2) is 0 Å². The smallest absolute Gasteiger partial charge is 0.186 e. The number of rotatable bonds is 2. The fraction of sp³-hybridized carbons (Fsp3) is 0.231. The average Bonchev–Trinajstić information content (AvgIpc) is 2.20.